The minimum absolute atomic E-state index is 0.0661. The summed E-state index contributed by atoms with van der Waals surface area (Å²) < 4.78 is 0. The molecule has 1 saturated heterocycles. The lowest BCUT2D eigenvalue weighted by Gasteiger charge is -2.22. The molecular weight excluding hydrogens is 186 g/mol. The fraction of sp³-hybridized carbons (Fsp3) is 0.308. The van der Waals surface area contributed by atoms with Crippen LogP contribution in [0, 0.1) is 5.92 Å². The number of likely N-dealkylation sites (tertiary alicyclic amines) is 1. The number of likely N-dealkylation sites (N-methyl/N-ethyl adjacent to an activating group) is 1. The monoisotopic (exact) mass is 201 g/mol. The minimum Gasteiger partial charge on any atom is -0.334 e. The van der Waals surface area contributed by atoms with Gasteiger partial charge in [-0.25, -0.2) is 0 Å². The van der Waals surface area contributed by atoms with E-state index in [1.807, 2.05) is 25.2 Å². The molecule has 0 radical (unpaired) electrons. The van der Waals surface area contributed by atoms with Crippen LogP contribution in [0.15, 0.2) is 42.5 Å². The highest BCUT2D eigenvalue weighted by Crippen LogP contribution is 2.38. The summed E-state index contributed by atoms with van der Waals surface area (Å²) in [5, 5.41) is 0. The van der Waals surface area contributed by atoms with Gasteiger partial charge < -0.3 is 4.90 Å². The molecule has 0 spiro atoms. The van der Waals surface area contributed by atoms with E-state index >= 15 is 0 Å². The van der Waals surface area contributed by atoms with E-state index in [-0.39, 0.29) is 17.9 Å². The van der Waals surface area contributed by atoms with Gasteiger partial charge in [0.2, 0.25) is 5.91 Å². The van der Waals surface area contributed by atoms with Crippen LogP contribution in [0.25, 0.3) is 0 Å². The average molecular weight is 201 g/mol. The Labute approximate surface area is 90.2 Å². The van der Waals surface area contributed by atoms with Crippen LogP contribution in [-0.2, 0) is 4.79 Å². The van der Waals surface area contributed by atoms with Crippen molar-refractivity contribution in [1.82, 2.24) is 4.90 Å². The molecule has 2 heteroatoms. The van der Waals surface area contributed by atoms with Crippen molar-refractivity contribution < 1.29 is 4.79 Å². The molecule has 0 N–H and O–H groups in total. The van der Waals surface area contributed by atoms with E-state index in [2.05, 4.69) is 25.6 Å². The van der Waals surface area contributed by atoms with Crippen molar-refractivity contribution in [3.8, 4) is 0 Å². The average Bonchev–Trinajstić information content (AvgIpc) is 2.45. The molecule has 1 fully saturated rings. The second-order valence-corrected chi connectivity index (χ2v) is 4.09. The number of amides is 1. The number of benzene rings is 1. The highest BCUT2D eigenvalue weighted by atomic mass is 16.2. The maximum atomic E-state index is 11.7. The molecule has 1 heterocycles. The number of carbonyl (C=O) groups is 1. The first-order chi connectivity index (χ1) is 7.13. The maximum Gasteiger partial charge on any atom is 0.249 e. The smallest absolute Gasteiger partial charge is 0.249 e. The van der Waals surface area contributed by atoms with Crippen LogP contribution >= 0.6 is 0 Å². The van der Waals surface area contributed by atoms with Crippen LogP contribution < -0.4 is 0 Å². The number of hydrogen-bond donors (Lipinski definition) is 0. The summed E-state index contributed by atoms with van der Waals surface area (Å²) in [7, 11) is 1.84. The Morgan fingerprint density at radius 1 is 1.27 bits per heavy atom. The summed E-state index contributed by atoms with van der Waals surface area (Å²) >= 11 is 0. The van der Waals surface area contributed by atoms with E-state index in [1.54, 1.807) is 4.90 Å². The molecule has 2 nitrogen and oxygen atoms in total. The lowest BCUT2D eigenvalue weighted by atomic mass is 9.93. The molecule has 78 valence electrons. The van der Waals surface area contributed by atoms with Gasteiger partial charge in [0.1, 0.15) is 0 Å². The van der Waals surface area contributed by atoms with E-state index in [0.717, 1.165) is 0 Å². The van der Waals surface area contributed by atoms with Gasteiger partial charge in [0.25, 0.3) is 0 Å². The van der Waals surface area contributed by atoms with Crippen molar-refractivity contribution in [1.29, 1.82) is 0 Å². The molecule has 1 aromatic rings. The number of nitrogens with zero attached hydrogens (tertiary/aromatic N) is 1. The van der Waals surface area contributed by atoms with E-state index in [0.29, 0.717) is 5.57 Å². The molecule has 1 aliphatic rings. The number of carbonyl (C=O) groups excluding carboxylic acids is 1. The first-order valence-electron chi connectivity index (χ1n) is 5.14. The van der Waals surface area contributed by atoms with Crippen molar-refractivity contribution in [2.24, 2.45) is 5.92 Å². The molecule has 15 heavy (non-hydrogen) atoms. The lowest BCUT2D eigenvalue weighted by molar-refractivity contribution is -0.125. The van der Waals surface area contributed by atoms with Crippen molar-refractivity contribution in [2.45, 2.75) is 13.0 Å². The van der Waals surface area contributed by atoms with E-state index < -0.39 is 0 Å². The van der Waals surface area contributed by atoms with E-state index in [4.69, 9.17) is 0 Å². The zero-order chi connectivity index (χ0) is 11.0. The largest absolute Gasteiger partial charge is 0.334 e. The maximum absolute atomic E-state index is 11.7. The van der Waals surface area contributed by atoms with Crippen LogP contribution in [0.3, 0.4) is 0 Å². The first-order valence-corrected chi connectivity index (χ1v) is 5.14. The van der Waals surface area contributed by atoms with Gasteiger partial charge in [-0.2, -0.15) is 0 Å². The highest BCUT2D eigenvalue weighted by molar-refractivity contribution is 5.96. The van der Waals surface area contributed by atoms with Gasteiger partial charge in [-0.1, -0.05) is 43.8 Å². The molecule has 0 bridgehead atoms. The third-order valence-electron chi connectivity index (χ3n) is 3.18. The van der Waals surface area contributed by atoms with Crippen LogP contribution in [0.1, 0.15) is 18.5 Å². The topological polar surface area (TPSA) is 20.3 Å². The Bertz CT molecular complexity index is 376. The van der Waals surface area contributed by atoms with Gasteiger partial charge >= 0.3 is 0 Å². The first kappa shape index (κ1) is 9.97. The summed E-state index contributed by atoms with van der Waals surface area (Å²) in [6, 6.07) is 10.3. The van der Waals surface area contributed by atoms with Crippen molar-refractivity contribution in [3.05, 3.63) is 48.0 Å². The predicted molar refractivity (Wildman–Crippen MR) is 60.3 cm³/mol. The third-order valence-corrected chi connectivity index (χ3v) is 3.18. The molecule has 0 unspecified atom stereocenters. The normalized spacial score (nSPS) is 26.1. The fourth-order valence-electron chi connectivity index (χ4n) is 2.24. The van der Waals surface area contributed by atoms with Crippen molar-refractivity contribution in [2.75, 3.05) is 7.05 Å². The number of hydrogen-bond acceptors (Lipinski definition) is 1. The Balaban J connectivity index is 2.39. The zero-order valence-corrected chi connectivity index (χ0v) is 9.10. The molecule has 0 saturated carbocycles. The summed E-state index contributed by atoms with van der Waals surface area (Å²) in [4.78, 5) is 13.5. The molecular formula is C13H15NO. The molecule has 2 atom stereocenters. The van der Waals surface area contributed by atoms with Crippen LogP contribution in [0.5, 0.6) is 0 Å². The van der Waals surface area contributed by atoms with E-state index in [9.17, 15) is 4.79 Å². The quantitative estimate of drug-likeness (QED) is 0.639. The van der Waals surface area contributed by atoms with Gasteiger partial charge in [-0.3, -0.25) is 4.79 Å². The van der Waals surface area contributed by atoms with Crippen LogP contribution in [0.2, 0.25) is 0 Å². The van der Waals surface area contributed by atoms with Gasteiger partial charge in [0, 0.05) is 18.5 Å². The molecule has 1 amide bonds. The highest BCUT2D eigenvalue weighted by Gasteiger charge is 2.38. The number of rotatable bonds is 1. The fourth-order valence-corrected chi connectivity index (χ4v) is 2.24. The Kier molecular flexibility index (Phi) is 2.35. The standard InChI is InChI=1S/C13H15NO/c1-9-10(2)13(15)14(3)12(9)11-7-5-4-6-8-11/h4-9,12H,2H2,1,3H3/t9-,12-/m1/s1. The zero-order valence-electron chi connectivity index (χ0n) is 9.10. The Morgan fingerprint density at radius 3 is 2.33 bits per heavy atom. The van der Waals surface area contributed by atoms with Crippen molar-refractivity contribution in [3.63, 3.8) is 0 Å². The van der Waals surface area contributed by atoms with Crippen molar-refractivity contribution >= 4 is 5.91 Å². The molecule has 0 aromatic heterocycles. The molecule has 1 aromatic carbocycles. The second kappa shape index (κ2) is 3.54. The summed E-state index contributed by atoms with van der Waals surface area (Å²) in [6.07, 6.45) is 0. The summed E-state index contributed by atoms with van der Waals surface area (Å²) in [6.45, 7) is 5.91. The molecule has 2 rings (SSSR count). The second-order valence-electron chi connectivity index (χ2n) is 4.09. The van der Waals surface area contributed by atoms with Crippen LogP contribution in [0.4, 0.5) is 0 Å². The minimum atomic E-state index is 0.0661. The van der Waals surface area contributed by atoms with Crippen LogP contribution in [-0.4, -0.2) is 17.9 Å². The predicted octanol–water partition coefficient (Wildman–Crippen LogP) is 2.39. The van der Waals surface area contributed by atoms with Gasteiger partial charge in [0.05, 0.1) is 6.04 Å². The molecule has 1 aliphatic heterocycles. The van der Waals surface area contributed by atoms with Gasteiger partial charge in [-0.15, -0.1) is 0 Å². The SMILES string of the molecule is C=C1C(=O)N(C)[C@@H](c2ccccc2)[C@@H]1C. The summed E-state index contributed by atoms with van der Waals surface area (Å²) in [5.41, 5.74) is 1.89. The molecule has 0 aliphatic carbocycles. The Morgan fingerprint density at radius 2 is 1.87 bits per heavy atom. The lowest BCUT2D eigenvalue weighted by Crippen LogP contribution is -2.23. The Hall–Kier alpha value is -1.57. The van der Waals surface area contributed by atoms with Gasteiger partial charge in [0.15, 0.2) is 0 Å². The third kappa shape index (κ3) is 1.46. The van der Waals surface area contributed by atoms with Gasteiger partial charge in [-0.05, 0) is 5.56 Å². The summed E-state index contributed by atoms with van der Waals surface area (Å²) in [5.74, 6) is 0.265. The van der Waals surface area contributed by atoms with E-state index in [1.165, 1.54) is 5.56 Å².